The number of nitrogens with zero attached hydrogens (tertiary/aromatic N) is 2. The molecule has 0 saturated carbocycles. The fourth-order valence-electron chi connectivity index (χ4n) is 7.08. The van der Waals surface area contributed by atoms with Crippen molar-refractivity contribution in [3.8, 4) is 11.3 Å². The molecule has 0 spiro atoms. The Morgan fingerprint density at radius 1 is 0.800 bits per heavy atom. The summed E-state index contributed by atoms with van der Waals surface area (Å²) in [7, 11) is 0. The maximum atomic E-state index is 2.54. The zero-order valence-electron chi connectivity index (χ0n) is 24.6. The van der Waals surface area contributed by atoms with Gasteiger partial charge >= 0.3 is 18.9 Å². The number of pyridine rings is 2. The molecule has 194 valence electrons. The van der Waals surface area contributed by atoms with Gasteiger partial charge in [0.2, 0.25) is 0 Å². The van der Waals surface area contributed by atoms with Crippen LogP contribution in [0.3, 0.4) is 0 Å². The van der Waals surface area contributed by atoms with E-state index < -0.39 is 0 Å². The van der Waals surface area contributed by atoms with Crippen LogP contribution in [0.2, 0.25) is 0 Å². The molecule has 0 aliphatic heterocycles. The SMILES string of the molecule is CCC[c-]1c2cc(Cc3ccccc3)cc3c4ccccc4n4c(-c5c(C)cc(C)cc5C)c[n+](c4c32)[c-]1C.[Li+]. The Morgan fingerprint density at radius 2 is 1.50 bits per heavy atom. The van der Waals surface area contributed by atoms with E-state index in [2.05, 4.69) is 128 Å². The summed E-state index contributed by atoms with van der Waals surface area (Å²) >= 11 is 0. The van der Waals surface area contributed by atoms with E-state index in [-0.39, 0.29) is 18.9 Å². The Bertz CT molecular complexity index is 2010. The number of imidazole rings is 1. The fourth-order valence-corrected chi connectivity index (χ4v) is 7.08. The maximum Gasteiger partial charge on any atom is 1.00 e. The van der Waals surface area contributed by atoms with E-state index in [0.29, 0.717) is 0 Å². The number of fused-ring (bicyclic) bond motifs is 3. The molecule has 0 amide bonds. The van der Waals surface area contributed by atoms with Crippen LogP contribution < -0.4 is 23.3 Å². The number of hydrogen-bond donors (Lipinski definition) is 0. The predicted molar refractivity (Wildman–Crippen MR) is 164 cm³/mol. The van der Waals surface area contributed by atoms with Gasteiger partial charge < -0.3 is 4.40 Å². The third-order valence-electron chi connectivity index (χ3n) is 8.60. The van der Waals surface area contributed by atoms with Gasteiger partial charge in [0.25, 0.3) is 0 Å². The largest absolute Gasteiger partial charge is 1.00 e. The first-order chi connectivity index (χ1) is 19.0. The van der Waals surface area contributed by atoms with Crippen LogP contribution in [0.5, 0.6) is 0 Å². The van der Waals surface area contributed by atoms with Crippen LogP contribution in [-0.4, -0.2) is 4.40 Å². The zero-order chi connectivity index (χ0) is 26.8. The van der Waals surface area contributed by atoms with Crippen LogP contribution in [0.1, 0.15) is 52.4 Å². The fraction of sp³-hybridized carbons (Fsp3) is 0.216. The van der Waals surface area contributed by atoms with Crippen LogP contribution in [0.25, 0.3) is 44.0 Å². The minimum absolute atomic E-state index is 0. The van der Waals surface area contributed by atoms with Crippen molar-refractivity contribution in [2.45, 2.75) is 53.9 Å². The molecule has 0 saturated heterocycles. The van der Waals surface area contributed by atoms with Gasteiger partial charge in [0.05, 0.1) is 6.20 Å². The summed E-state index contributed by atoms with van der Waals surface area (Å²) in [4.78, 5) is 0. The molecule has 0 atom stereocenters. The summed E-state index contributed by atoms with van der Waals surface area (Å²) < 4.78 is 5.02. The third-order valence-corrected chi connectivity index (χ3v) is 8.60. The van der Waals surface area contributed by atoms with Gasteiger partial charge in [-0.15, -0.1) is 10.9 Å². The number of benzene rings is 4. The number of aryl methyl sites for hydroxylation is 5. The number of rotatable bonds is 5. The van der Waals surface area contributed by atoms with Crippen molar-refractivity contribution < 1.29 is 23.3 Å². The molecule has 0 aliphatic rings. The molecule has 0 bridgehead atoms. The van der Waals surface area contributed by atoms with Crippen molar-refractivity contribution in [2.75, 3.05) is 0 Å². The Labute approximate surface area is 248 Å². The van der Waals surface area contributed by atoms with Crippen molar-refractivity contribution in [1.29, 1.82) is 0 Å². The summed E-state index contributed by atoms with van der Waals surface area (Å²) in [5.41, 5.74) is 14.7. The van der Waals surface area contributed by atoms with Gasteiger partial charge in [0.1, 0.15) is 11.2 Å². The minimum atomic E-state index is 0. The monoisotopic (exact) mass is 514 g/mol. The van der Waals surface area contributed by atoms with E-state index in [4.69, 9.17) is 0 Å². The standard InChI is InChI=1S/C37H35N2.Li/c1-6-12-29-26(5)38-22-34(35-24(3)17-23(2)18-25(35)4)39-33-16-11-10-15-30(33)32-21-28(19-27-13-8-7-9-14-27)20-31(29)36(32)37(38)39;/h7-11,13-18,20-22H,6,12,19H2,1-5H3;/q-1;+1. The molecular weight excluding hydrogens is 479 g/mol. The van der Waals surface area contributed by atoms with Gasteiger partial charge in [-0.3, -0.25) is 0 Å². The van der Waals surface area contributed by atoms with Crippen LogP contribution in [-0.2, 0) is 12.8 Å². The molecule has 4 aromatic carbocycles. The summed E-state index contributed by atoms with van der Waals surface area (Å²) in [6.45, 7) is 11.3. The van der Waals surface area contributed by atoms with Crippen LogP contribution in [0.4, 0.5) is 0 Å². The first-order valence-corrected chi connectivity index (χ1v) is 14.2. The van der Waals surface area contributed by atoms with E-state index in [1.807, 2.05) is 0 Å². The second-order valence-electron chi connectivity index (χ2n) is 11.4. The Morgan fingerprint density at radius 3 is 2.23 bits per heavy atom. The van der Waals surface area contributed by atoms with Gasteiger partial charge in [-0.05, 0) is 55.6 Å². The quantitative estimate of drug-likeness (QED) is 0.0893. The summed E-state index contributed by atoms with van der Waals surface area (Å²) in [6.07, 6.45) is 5.54. The van der Waals surface area contributed by atoms with E-state index >= 15 is 0 Å². The van der Waals surface area contributed by atoms with Gasteiger partial charge in [0.15, 0.2) is 5.65 Å². The Hall–Kier alpha value is -3.57. The minimum Gasteiger partial charge on any atom is -0.341 e. The maximum absolute atomic E-state index is 2.54. The molecule has 0 N–H and O–H groups in total. The molecule has 0 fully saturated rings. The van der Waals surface area contributed by atoms with Crippen molar-refractivity contribution in [1.82, 2.24) is 4.40 Å². The molecular formula is C37H35LiN2. The zero-order valence-corrected chi connectivity index (χ0v) is 24.6. The molecule has 2 nitrogen and oxygen atoms in total. The van der Waals surface area contributed by atoms with Crippen molar-refractivity contribution >= 4 is 32.7 Å². The van der Waals surface area contributed by atoms with Gasteiger partial charge in [-0.1, -0.05) is 104 Å². The second-order valence-corrected chi connectivity index (χ2v) is 11.4. The normalized spacial score (nSPS) is 11.7. The number of hydrogen-bond acceptors (Lipinski definition) is 0. The number of aromatic nitrogens is 2. The molecule has 0 radical (unpaired) electrons. The summed E-state index contributed by atoms with van der Waals surface area (Å²) in [6, 6.07) is 29.4. The molecule has 3 heteroatoms. The summed E-state index contributed by atoms with van der Waals surface area (Å²) in [5, 5.41) is 5.47. The van der Waals surface area contributed by atoms with Gasteiger partial charge in [-0.2, -0.15) is 5.56 Å². The van der Waals surface area contributed by atoms with E-state index in [1.54, 1.807) is 0 Å². The molecule has 7 aromatic rings. The van der Waals surface area contributed by atoms with Crippen LogP contribution in [0, 0.1) is 27.7 Å². The molecule has 0 unspecified atom stereocenters. The molecule has 0 aliphatic carbocycles. The van der Waals surface area contributed by atoms with Crippen molar-refractivity contribution in [2.24, 2.45) is 0 Å². The van der Waals surface area contributed by atoms with E-state index in [0.717, 1.165) is 19.3 Å². The average Bonchev–Trinajstić information content (AvgIpc) is 3.31. The topological polar surface area (TPSA) is 8.51 Å². The molecule has 7 rings (SSSR count). The average molecular weight is 515 g/mol. The molecule has 3 aromatic heterocycles. The first-order valence-electron chi connectivity index (χ1n) is 14.2. The third kappa shape index (κ3) is 3.97. The predicted octanol–water partition coefficient (Wildman–Crippen LogP) is 5.87. The van der Waals surface area contributed by atoms with Crippen molar-refractivity contribution in [3.63, 3.8) is 0 Å². The molecule has 40 heavy (non-hydrogen) atoms. The molecule has 3 heterocycles. The Balaban J connectivity index is 0.00000289. The second kappa shape index (κ2) is 10.1. The van der Waals surface area contributed by atoms with Gasteiger partial charge in [0, 0.05) is 10.9 Å². The van der Waals surface area contributed by atoms with Gasteiger partial charge in [-0.25, -0.2) is 15.9 Å². The summed E-state index contributed by atoms with van der Waals surface area (Å²) in [5.74, 6) is 0. The first kappa shape index (κ1) is 26.6. The number of para-hydroxylation sites is 1. The van der Waals surface area contributed by atoms with Crippen LogP contribution >= 0.6 is 0 Å². The Kier molecular flexibility index (Phi) is 6.74. The smallest absolute Gasteiger partial charge is 0.341 e. The van der Waals surface area contributed by atoms with Crippen molar-refractivity contribution in [3.05, 3.63) is 124 Å². The van der Waals surface area contributed by atoms with Crippen LogP contribution in [0.15, 0.2) is 85.1 Å². The van der Waals surface area contributed by atoms with E-state index in [1.165, 1.54) is 83.0 Å². The van der Waals surface area contributed by atoms with E-state index in [9.17, 15) is 0 Å².